The lowest BCUT2D eigenvalue weighted by Gasteiger charge is -2.57. The highest BCUT2D eigenvalue weighted by Gasteiger charge is 2.50. The smallest absolute Gasteiger partial charge is 0.319 e. The van der Waals surface area contributed by atoms with Crippen LogP contribution in [-0.2, 0) is 22.4 Å². The average Bonchev–Trinajstić information content (AvgIpc) is 4.12. The number of hydrogen-bond donors (Lipinski definition) is 2. The van der Waals surface area contributed by atoms with E-state index in [0.717, 1.165) is 110 Å². The summed E-state index contributed by atoms with van der Waals surface area (Å²) in [6, 6.07) is 9.35. The van der Waals surface area contributed by atoms with Crippen LogP contribution in [0.25, 0.3) is 32.9 Å². The number of anilines is 1. The van der Waals surface area contributed by atoms with E-state index in [0.29, 0.717) is 82.0 Å². The number of nitrogens with one attached hydrogen (secondary N) is 1. The van der Waals surface area contributed by atoms with Gasteiger partial charge in [-0.1, -0.05) is 19.9 Å². The van der Waals surface area contributed by atoms with Gasteiger partial charge in [0.05, 0.1) is 17.9 Å². The van der Waals surface area contributed by atoms with Crippen molar-refractivity contribution < 1.29 is 37.0 Å². The molecule has 5 saturated heterocycles. The number of aromatic hydroxyl groups is 1. The zero-order valence-corrected chi connectivity index (χ0v) is 40.9. The van der Waals surface area contributed by atoms with Gasteiger partial charge in [0.25, 0.3) is 0 Å². The van der Waals surface area contributed by atoms with Gasteiger partial charge < -0.3 is 24.5 Å². The fraction of sp³-hybridized carbons (Fsp3) is 0.545. The second-order valence-corrected chi connectivity index (χ2v) is 21.9. The van der Waals surface area contributed by atoms with E-state index in [-0.39, 0.29) is 46.8 Å². The normalized spacial score (nSPS) is 23.1. The molecule has 11 rings (SSSR count). The minimum atomic E-state index is -0.992. The number of hydrogen-bond acceptors (Lipinski definition) is 11. The molecule has 2 atom stereocenters. The second-order valence-electron chi connectivity index (χ2n) is 21.9. The topological polar surface area (TPSA) is 127 Å². The van der Waals surface area contributed by atoms with Crippen molar-refractivity contribution in [3.63, 3.8) is 0 Å². The first-order valence-corrected chi connectivity index (χ1v) is 26.0. The molecule has 0 bridgehead atoms. The molecule has 376 valence electrons. The van der Waals surface area contributed by atoms with Crippen molar-refractivity contribution in [3.05, 3.63) is 82.6 Å². The van der Waals surface area contributed by atoms with E-state index in [1.54, 1.807) is 18.3 Å². The lowest BCUT2D eigenvalue weighted by atomic mass is 9.70. The molecule has 1 aliphatic carbocycles. The van der Waals surface area contributed by atoms with E-state index in [2.05, 4.69) is 36.8 Å². The fourth-order valence-electron chi connectivity index (χ4n) is 12.6. The maximum Gasteiger partial charge on any atom is 0.319 e. The Labute approximate surface area is 412 Å². The third-order valence-corrected chi connectivity index (χ3v) is 16.9. The van der Waals surface area contributed by atoms with Gasteiger partial charge in [-0.15, -0.1) is 0 Å². The highest BCUT2D eigenvalue weighted by Crippen LogP contribution is 2.49. The molecule has 6 fully saturated rings. The molecule has 2 aromatic heterocycles. The number of benzene rings is 3. The fourth-order valence-corrected chi connectivity index (χ4v) is 12.6. The number of aryl methyl sites for hydroxylation is 1. The molecule has 2 N–H and O–H groups in total. The van der Waals surface area contributed by atoms with Crippen LogP contribution in [0, 0.1) is 40.0 Å². The first-order chi connectivity index (χ1) is 34.3. The summed E-state index contributed by atoms with van der Waals surface area (Å²) in [5, 5.41) is 14.5. The van der Waals surface area contributed by atoms with Crippen molar-refractivity contribution in [2.45, 2.75) is 103 Å². The number of carbonyl (C=O) groups excluding carboxylic acids is 2. The Morgan fingerprint density at radius 1 is 0.873 bits per heavy atom. The summed E-state index contributed by atoms with van der Waals surface area (Å²) in [7, 11) is 0. The summed E-state index contributed by atoms with van der Waals surface area (Å²) in [5.41, 5.74) is 1.48. The standard InChI is InChI=1S/C55H64F4N8O4/c1-3-38-42(56)8-6-35-25-37(68)26-40(46(35)38)49-48(59)50-41(27-60-49)51(66-17-4-5-33(2)28-66)63-53(62-50)71-32-55(13-14-55)29-65-21-15-54(16-22-65)30-67(31-54)36-11-19-64(20-12-36)18-10-34-23-43(57)47(44(58)24-34)39-7-9-45(69)61-52(39)70/h6,8,23-27,33,36,39,68H,3-5,7,9-22,28-32H2,1-2H3,(H,61,69,70)/t33-,39?/m0/s1. The van der Waals surface area contributed by atoms with Gasteiger partial charge >= 0.3 is 6.01 Å². The molecule has 1 saturated carbocycles. The number of aromatic nitrogens is 3. The van der Waals surface area contributed by atoms with Crippen molar-refractivity contribution in [2.24, 2.45) is 16.7 Å². The van der Waals surface area contributed by atoms with Crippen molar-refractivity contribution in [1.29, 1.82) is 0 Å². The number of likely N-dealkylation sites (tertiary alicyclic amines) is 3. The largest absolute Gasteiger partial charge is 0.508 e. The van der Waals surface area contributed by atoms with Gasteiger partial charge in [0.1, 0.15) is 40.2 Å². The number of amides is 2. The van der Waals surface area contributed by atoms with Crippen LogP contribution < -0.4 is 15.0 Å². The summed E-state index contributed by atoms with van der Waals surface area (Å²) < 4.78 is 69.0. The monoisotopic (exact) mass is 976 g/mol. The first kappa shape index (κ1) is 47.9. The Morgan fingerprint density at radius 2 is 1.63 bits per heavy atom. The van der Waals surface area contributed by atoms with Gasteiger partial charge in [0, 0.05) is 74.5 Å². The molecule has 71 heavy (non-hydrogen) atoms. The maximum absolute atomic E-state index is 17.1. The predicted octanol–water partition coefficient (Wildman–Crippen LogP) is 8.69. The van der Waals surface area contributed by atoms with Crippen LogP contribution in [0.1, 0.15) is 101 Å². The Kier molecular flexibility index (Phi) is 12.9. The van der Waals surface area contributed by atoms with Gasteiger partial charge in [-0.3, -0.25) is 24.8 Å². The van der Waals surface area contributed by atoms with Crippen LogP contribution in [0.4, 0.5) is 23.4 Å². The molecule has 7 heterocycles. The third kappa shape index (κ3) is 9.56. The molecule has 2 amide bonds. The van der Waals surface area contributed by atoms with Gasteiger partial charge in [-0.05, 0) is 160 Å². The molecule has 3 aromatic carbocycles. The highest BCUT2D eigenvalue weighted by atomic mass is 19.1. The lowest BCUT2D eigenvalue weighted by Crippen LogP contribution is -2.64. The van der Waals surface area contributed by atoms with Crippen LogP contribution in [0.15, 0.2) is 42.6 Å². The number of ether oxygens (including phenoxy) is 1. The number of fused-ring (bicyclic) bond motifs is 2. The Morgan fingerprint density at radius 3 is 2.34 bits per heavy atom. The highest BCUT2D eigenvalue weighted by molar-refractivity contribution is 6.02. The van der Waals surface area contributed by atoms with Crippen LogP contribution in [0.5, 0.6) is 11.8 Å². The number of phenols is 1. The van der Waals surface area contributed by atoms with Gasteiger partial charge in [0.15, 0.2) is 5.82 Å². The van der Waals surface area contributed by atoms with E-state index in [1.807, 2.05) is 6.92 Å². The molecule has 16 heteroatoms. The van der Waals surface area contributed by atoms with Crippen molar-refractivity contribution in [2.75, 3.05) is 77.0 Å². The number of halogens is 4. The van der Waals surface area contributed by atoms with Gasteiger partial charge in [-0.2, -0.15) is 9.97 Å². The Bertz CT molecular complexity index is 2850. The number of imide groups is 1. The lowest BCUT2D eigenvalue weighted by molar-refractivity contribution is -0.134. The van der Waals surface area contributed by atoms with E-state index < -0.39 is 41.0 Å². The van der Waals surface area contributed by atoms with E-state index in [4.69, 9.17) is 14.7 Å². The predicted molar refractivity (Wildman–Crippen MR) is 263 cm³/mol. The summed E-state index contributed by atoms with van der Waals surface area (Å²) in [4.78, 5) is 48.0. The summed E-state index contributed by atoms with van der Waals surface area (Å²) in [6.07, 6.45) is 11.3. The quantitative estimate of drug-likeness (QED) is 0.0870. The van der Waals surface area contributed by atoms with Crippen molar-refractivity contribution in [1.82, 2.24) is 35.0 Å². The van der Waals surface area contributed by atoms with Crippen molar-refractivity contribution in [3.8, 4) is 23.0 Å². The molecular formula is C55H64F4N8O4. The summed E-state index contributed by atoms with van der Waals surface area (Å²) in [6.45, 7) is 13.9. The molecule has 12 nitrogen and oxygen atoms in total. The van der Waals surface area contributed by atoms with Crippen LogP contribution >= 0.6 is 0 Å². The third-order valence-electron chi connectivity index (χ3n) is 16.9. The minimum absolute atomic E-state index is 0.0107. The molecular weight excluding hydrogens is 913 g/mol. The molecule has 5 aliphatic heterocycles. The summed E-state index contributed by atoms with van der Waals surface area (Å²) in [5.74, 6) is -3.58. The Balaban J connectivity index is 0.694. The number of pyridine rings is 1. The Hall–Kier alpha value is -5.45. The molecule has 5 aromatic rings. The van der Waals surface area contributed by atoms with Gasteiger partial charge in [0.2, 0.25) is 11.8 Å². The summed E-state index contributed by atoms with van der Waals surface area (Å²) >= 11 is 0. The number of nitrogens with zero attached hydrogens (tertiary/aromatic N) is 7. The second kappa shape index (κ2) is 19.2. The zero-order valence-electron chi connectivity index (χ0n) is 40.9. The van der Waals surface area contributed by atoms with Crippen LogP contribution in [0.3, 0.4) is 0 Å². The van der Waals surface area contributed by atoms with Gasteiger partial charge in [-0.25, -0.2) is 17.6 Å². The number of rotatable bonds is 13. The number of piperidine rings is 4. The van der Waals surface area contributed by atoms with E-state index in [9.17, 15) is 14.7 Å². The zero-order chi connectivity index (χ0) is 49.2. The number of carbonyl (C=O) groups is 2. The van der Waals surface area contributed by atoms with Crippen LogP contribution in [-0.4, -0.2) is 125 Å². The SMILES string of the molecule is CCc1c(F)ccc2cc(O)cc(-c3ncc4c(N5CCC[C@H](C)C5)nc(OCC5(CN6CCC7(CC6)CN(C6CCN(CCc8cc(F)c(C9CCC(=O)NC9=O)c(F)c8)CC6)C7)CC5)nc4c3F)c12. The molecule has 1 unspecified atom stereocenters. The minimum Gasteiger partial charge on any atom is -0.508 e. The van der Waals surface area contributed by atoms with E-state index in [1.165, 1.54) is 24.3 Å². The van der Waals surface area contributed by atoms with Crippen molar-refractivity contribution >= 4 is 39.3 Å². The first-order valence-electron chi connectivity index (χ1n) is 26.0. The average molecular weight is 977 g/mol. The molecule has 1 spiro atoms. The van der Waals surface area contributed by atoms with E-state index >= 15 is 17.6 Å². The molecule has 6 aliphatic rings. The number of phenolic OH excluding ortho intramolecular Hbond substituents is 1. The molecule has 0 radical (unpaired) electrons. The van der Waals surface area contributed by atoms with Crippen LogP contribution in [0.2, 0.25) is 0 Å². The maximum atomic E-state index is 17.1.